The minimum absolute atomic E-state index is 0.157. The number of aromatic nitrogens is 3. The fraction of sp³-hybridized carbons (Fsp3) is 0.812. The molecule has 1 aromatic heterocycles. The van der Waals surface area contributed by atoms with Crippen molar-refractivity contribution in [2.24, 2.45) is 11.8 Å². The van der Waals surface area contributed by atoms with Crippen LogP contribution in [0.15, 0.2) is 12.7 Å². The lowest BCUT2D eigenvalue weighted by molar-refractivity contribution is -0.132. The van der Waals surface area contributed by atoms with Gasteiger partial charge in [0.2, 0.25) is 5.91 Å². The first-order valence-electron chi connectivity index (χ1n) is 8.47. The number of rotatable bonds is 5. The van der Waals surface area contributed by atoms with Crippen molar-refractivity contribution in [3.8, 4) is 0 Å². The second-order valence-corrected chi connectivity index (χ2v) is 7.04. The number of carbonyl (C=O) groups excluding carboxylic acids is 1. The predicted molar refractivity (Wildman–Crippen MR) is 84.1 cm³/mol. The highest BCUT2D eigenvalue weighted by Gasteiger charge is 2.33. The van der Waals surface area contributed by atoms with E-state index in [2.05, 4.69) is 28.8 Å². The fourth-order valence-corrected chi connectivity index (χ4v) is 3.33. The summed E-state index contributed by atoms with van der Waals surface area (Å²) in [6.45, 7) is 8.88. The Morgan fingerprint density at radius 2 is 2.14 bits per heavy atom. The zero-order valence-corrected chi connectivity index (χ0v) is 13.7. The van der Waals surface area contributed by atoms with Crippen LogP contribution in [-0.4, -0.2) is 62.7 Å². The van der Waals surface area contributed by atoms with Crippen molar-refractivity contribution in [3.63, 3.8) is 0 Å². The molecule has 2 fully saturated rings. The van der Waals surface area contributed by atoms with E-state index in [1.54, 1.807) is 11.0 Å². The van der Waals surface area contributed by atoms with Gasteiger partial charge in [-0.05, 0) is 31.1 Å². The standard InChI is InChI=1S/C16H27N5O/c1-13(2)15-9-20(16(22)10-21-12-17-11-18-21)7-3-6-19(15)8-14-4-5-14/h11-15H,3-10H2,1-2H3/t15-/m0/s1. The molecule has 3 rings (SSSR count). The third kappa shape index (κ3) is 3.85. The quantitative estimate of drug-likeness (QED) is 0.821. The normalized spacial score (nSPS) is 23.8. The molecule has 122 valence electrons. The second kappa shape index (κ2) is 6.77. The lowest BCUT2D eigenvalue weighted by Gasteiger charge is -2.34. The number of carbonyl (C=O) groups is 1. The Labute approximate surface area is 132 Å². The second-order valence-electron chi connectivity index (χ2n) is 7.04. The molecule has 0 unspecified atom stereocenters. The average Bonchev–Trinajstić information content (AvgIpc) is 3.20. The Morgan fingerprint density at radius 1 is 1.32 bits per heavy atom. The summed E-state index contributed by atoms with van der Waals surface area (Å²) in [7, 11) is 0. The summed E-state index contributed by atoms with van der Waals surface area (Å²) in [5, 5.41) is 4.04. The summed E-state index contributed by atoms with van der Waals surface area (Å²) in [4.78, 5) is 21.1. The Bertz CT molecular complexity index is 483. The highest BCUT2D eigenvalue weighted by atomic mass is 16.2. The SMILES string of the molecule is CC(C)[C@@H]1CN(C(=O)Cn2cncn2)CCCN1CC1CC1. The van der Waals surface area contributed by atoms with Gasteiger partial charge in [-0.1, -0.05) is 13.8 Å². The lowest BCUT2D eigenvalue weighted by atomic mass is 10.0. The van der Waals surface area contributed by atoms with E-state index in [4.69, 9.17) is 0 Å². The van der Waals surface area contributed by atoms with E-state index in [9.17, 15) is 4.79 Å². The number of nitrogens with zero attached hydrogens (tertiary/aromatic N) is 5. The van der Waals surface area contributed by atoms with Crippen LogP contribution in [0.3, 0.4) is 0 Å². The van der Waals surface area contributed by atoms with Crippen molar-refractivity contribution in [1.29, 1.82) is 0 Å². The highest BCUT2D eigenvalue weighted by molar-refractivity contribution is 5.76. The van der Waals surface area contributed by atoms with E-state index >= 15 is 0 Å². The van der Waals surface area contributed by atoms with Gasteiger partial charge in [-0.2, -0.15) is 5.10 Å². The molecule has 0 aromatic carbocycles. The van der Waals surface area contributed by atoms with Gasteiger partial charge < -0.3 is 4.90 Å². The van der Waals surface area contributed by atoms with E-state index in [0.717, 1.165) is 32.0 Å². The first kappa shape index (κ1) is 15.5. The van der Waals surface area contributed by atoms with Crippen LogP contribution in [0.2, 0.25) is 0 Å². The van der Waals surface area contributed by atoms with Gasteiger partial charge in [-0.15, -0.1) is 0 Å². The highest BCUT2D eigenvalue weighted by Crippen LogP contribution is 2.31. The molecule has 1 saturated carbocycles. The van der Waals surface area contributed by atoms with Crippen LogP contribution in [0.25, 0.3) is 0 Å². The molecular formula is C16H27N5O. The van der Waals surface area contributed by atoms with Gasteiger partial charge in [0.25, 0.3) is 0 Å². The number of hydrogen-bond donors (Lipinski definition) is 0. The van der Waals surface area contributed by atoms with Crippen LogP contribution in [0.1, 0.15) is 33.1 Å². The van der Waals surface area contributed by atoms with Crippen molar-refractivity contribution in [1.82, 2.24) is 24.6 Å². The minimum atomic E-state index is 0.157. The van der Waals surface area contributed by atoms with E-state index in [1.807, 2.05) is 4.90 Å². The van der Waals surface area contributed by atoms with Gasteiger partial charge >= 0.3 is 0 Å². The number of amides is 1. The van der Waals surface area contributed by atoms with Gasteiger partial charge in [0.1, 0.15) is 19.2 Å². The largest absolute Gasteiger partial charge is 0.339 e. The Hall–Kier alpha value is -1.43. The molecular weight excluding hydrogens is 278 g/mol. The van der Waals surface area contributed by atoms with Crippen LogP contribution >= 0.6 is 0 Å². The van der Waals surface area contributed by atoms with E-state index in [0.29, 0.717) is 18.5 Å². The van der Waals surface area contributed by atoms with Gasteiger partial charge in [-0.3, -0.25) is 9.69 Å². The summed E-state index contributed by atoms with van der Waals surface area (Å²) in [6.07, 6.45) is 6.92. The Balaban J connectivity index is 1.63. The molecule has 2 aliphatic rings. The van der Waals surface area contributed by atoms with E-state index < -0.39 is 0 Å². The molecule has 0 bridgehead atoms. The van der Waals surface area contributed by atoms with E-state index in [1.165, 1.54) is 25.7 Å². The average molecular weight is 305 g/mol. The van der Waals surface area contributed by atoms with Crippen LogP contribution in [0, 0.1) is 11.8 Å². The molecule has 0 N–H and O–H groups in total. The van der Waals surface area contributed by atoms with Crippen molar-refractivity contribution >= 4 is 5.91 Å². The molecule has 22 heavy (non-hydrogen) atoms. The zero-order chi connectivity index (χ0) is 15.5. The van der Waals surface area contributed by atoms with Crippen LogP contribution in [0.5, 0.6) is 0 Å². The zero-order valence-electron chi connectivity index (χ0n) is 13.7. The predicted octanol–water partition coefficient (Wildman–Crippen LogP) is 1.25. The third-order valence-electron chi connectivity index (χ3n) is 4.83. The van der Waals surface area contributed by atoms with Crippen molar-refractivity contribution in [2.45, 2.75) is 45.7 Å². The summed E-state index contributed by atoms with van der Waals surface area (Å²) >= 11 is 0. The molecule has 1 amide bonds. The molecule has 0 radical (unpaired) electrons. The summed E-state index contributed by atoms with van der Waals surface area (Å²) in [6, 6.07) is 0.475. The molecule has 1 aromatic rings. The Morgan fingerprint density at radius 3 is 2.77 bits per heavy atom. The maximum atomic E-state index is 12.5. The van der Waals surface area contributed by atoms with Gasteiger partial charge in [0, 0.05) is 32.2 Å². The summed E-state index contributed by atoms with van der Waals surface area (Å²) < 4.78 is 1.61. The van der Waals surface area contributed by atoms with Crippen LogP contribution < -0.4 is 0 Å². The molecule has 6 nitrogen and oxygen atoms in total. The smallest absolute Gasteiger partial charge is 0.244 e. The van der Waals surface area contributed by atoms with Crippen molar-refractivity contribution in [2.75, 3.05) is 26.2 Å². The summed E-state index contributed by atoms with van der Waals surface area (Å²) in [5.74, 6) is 1.63. The monoisotopic (exact) mass is 305 g/mol. The van der Waals surface area contributed by atoms with Crippen molar-refractivity contribution < 1.29 is 4.79 Å². The fourth-order valence-electron chi connectivity index (χ4n) is 3.33. The van der Waals surface area contributed by atoms with Crippen molar-refractivity contribution in [3.05, 3.63) is 12.7 Å². The Kier molecular flexibility index (Phi) is 4.76. The van der Waals surface area contributed by atoms with Gasteiger partial charge in [0.15, 0.2) is 0 Å². The molecule has 6 heteroatoms. The first-order chi connectivity index (χ1) is 10.6. The molecule has 2 heterocycles. The topological polar surface area (TPSA) is 54.3 Å². The first-order valence-corrected chi connectivity index (χ1v) is 8.47. The minimum Gasteiger partial charge on any atom is -0.339 e. The molecule has 1 saturated heterocycles. The third-order valence-corrected chi connectivity index (χ3v) is 4.83. The van der Waals surface area contributed by atoms with Gasteiger partial charge in [-0.25, -0.2) is 9.67 Å². The van der Waals surface area contributed by atoms with Crippen LogP contribution in [0.4, 0.5) is 0 Å². The molecule has 1 aliphatic heterocycles. The van der Waals surface area contributed by atoms with E-state index in [-0.39, 0.29) is 5.91 Å². The lowest BCUT2D eigenvalue weighted by Crippen LogP contribution is -2.47. The maximum Gasteiger partial charge on any atom is 0.244 e. The maximum absolute atomic E-state index is 12.5. The van der Waals surface area contributed by atoms with Crippen LogP contribution in [-0.2, 0) is 11.3 Å². The molecule has 1 atom stereocenters. The van der Waals surface area contributed by atoms with Gasteiger partial charge in [0.05, 0.1) is 0 Å². The molecule has 1 aliphatic carbocycles. The summed E-state index contributed by atoms with van der Waals surface area (Å²) in [5.41, 5.74) is 0. The molecule has 0 spiro atoms. The number of hydrogen-bond acceptors (Lipinski definition) is 4.